The second kappa shape index (κ2) is 6.96. The first-order valence-electron chi connectivity index (χ1n) is 7.75. The second-order valence-corrected chi connectivity index (χ2v) is 6.60. The fourth-order valence-electron chi connectivity index (χ4n) is 2.79. The van der Waals surface area contributed by atoms with E-state index in [0.717, 1.165) is 54.7 Å². The molecule has 3 rings (SSSR count). The lowest BCUT2D eigenvalue weighted by Crippen LogP contribution is -2.25. The summed E-state index contributed by atoms with van der Waals surface area (Å²) in [7, 11) is 0. The van der Waals surface area contributed by atoms with Gasteiger partial charge in [0.25, 0.3) is 11.5 Å². The zero-order chi connectivity index (χ0) is 17.1. The lowest BCUT2D eigenvalue weighted by Gasteiger charge is -2.08. The average Bonchev–Trinajstić information content (AvgIpc) is 2.81. The molecule has 0 saturated heterocycles. The molecular weight excluding hydrogens is 330 g/mol. The van der Waals surface area contributed by atoms with Crippen LogP contribution in [0.1, 0.15) is 46.6 Å². The van der Waals surface area contributed by atoms with Crippen LogP contribution < -0.4 is 10.9 Å². The van der Waals surface area contributed by atoms with Crippen LogP contribution in [0.5, 0.6) is 0 Å². The van der Waals surface area contributed by atoms with Crippen LogP contribution in [0, 0.1) is 0 Å². The Kier molecular flexibility index (Phi) is 4.75. The van der Waals surface area contributed by atoms with Crippen LogP contribution in [0.2, 0.25) is 0 Å². The number of aliphatic carboxylic acids is 1. The molecule has 0 spiro atoms. The van der Waals surface area contributed by atoms with E-state index in [2.05, 4.69) is 15.3 Å². The van der Waals surface area contributed by atoms with E-state index < -0.39 is 17.4 Å². The predicted molar refractivity (Wildman–Crippen MR) is 89.7 cm³/mol. The van der Waals surface area contributed by atoms with E-state index in [1.807, 2.05) is 0 Å². The minimum atomic E-state index is -0.986. The first-order chi connectivity index (χ1) is 11.5. The number of nitrogens with one attached hydrogen (secondary N) is 2. The van der Waals surface area contributed by atoms with Crippen molar-refractivity contribution in [1.82, 2.24) is 9.97 Å². The number of amides is 1. The van der Waals surface area contributed by atoms with Gasteiger partial charge in [-0.25, -0.2) is 4.98 Å². The topological polar surface area (TPSA) is 112 Å². The number of hydrogen-bond donors (Lipinski definition) is 3. The number of fused-ring (bicyclic) bond motifs is 1. The molecular formula is C16H17N3O4S. The SMILES string of the molecule is O=C(O)Cc1csc(NC(=O)c2cc3c([nH]c2=O)CCCCC3)n1. The third-order valence-corrected chi connectivity index (χ3v) is 4.74. The minimum absolute atomic E-state index is 0.0608. The summed E-state index contributed by atoms with van der Waals surface area (Å²) >= 11 is 1.13. The number of carboxylic acid groups (broad SMARTS) is 1. The highest BCUT2D eigenvalue weighted by atomic mass is 32.1. The van der Waals surface area contributed by atoms with Gasteiger partial charge in [-0.05, 0) is 37.3 Å². The van der Waals surface area contributed by atoms with E-state index in [0.29, 0.717) is 5.69 Å². The van der Waals surface area contributed by atoms with Gasteiger partial charge in [-0.3, -0.25) is 19.7 Å². The molecule has 0 bridgehead atoms. The number of carbonyl (C=O) groups excluding carboxylic acids is 1. The molecule has 0 saturated carbocycles. The molecule has 0 unspecified atom stereocenters. The van der Waals surface area contributed by atoms with E-state index in [1.165, 1.54) is 0 Å². The van der Waals surface area contributed by atoms with Crippen molar-refractivity contribution >= 4 is 28.3 Å². The fraction of sp³-hybridized carbons (Fsp3) is 0.375. The van der Waals surface area contributed by atoms with Crippen LogP contribution in [0.15, 0.2) is 16.2 Å². The number of rotatable bonds is 4. The van der Waals surface area contributed by atoms with Gasteiger partial charge >= 0.3 is 5.97 Å². The predicted octanol–water partition coefficient (Wildman–Crippen LogP) is 1.98. The number of thiazole rings is 1. The summed E-state index contributed by atoms with van der Waals surface area (Å²) in [6, 6.07) is 1.67. The Morgan fingerprint density at radius 1 is 1.29 bits per heavy atom. The van der Waals surface area contributed by atoms with E-state index in [1.54, 1.807) is 11.4 Å². The van der Waals surface area contributed by atoms with Crippen LogP contribution in [0.25, 0.3) is 0 Å². The Morgan fingerprint density at radius 3 is 2.88 bits per heavy atom. The van der Waals surface area contributed by atoms with E-state index >= 15 is 0 Å². The van der Waals surface area contributed by atoms with Gasteiger partial charge in [0, 0.05) is 11.1 Å². The first-order valence-corrected chi connectivity index (χ1v) is 8.63. The number of nitrogens with zero attached hydrogens (tertiary/aromatic N) is 1. The standard InChI is InChI=1S/C16H17N3O4S/c20-13(21)7-10-8-24-16(17-10)19-15(23)11-6-9-4-2-1-3-5-12(9)18-14(11)22/h6,8H,1-5,7H2,(H,18,22)(H,20,21)(H,17,19,23). The third-order valence-electron chi connectivity index (χ3n) is 3.94. The highest BCUT2D eigenvalue weighted by Crippen LogP contribution is 2.20. The van der Waals surface area contributed by atoms with Crippen LogP contribution in [-0.2, 0) is 24.1 Å². The Hall–Kier alpha value is -2.48. The number of aryl methyl sites for hydroxylation is 2. The van der Waals surface area contributed by atoms with Gasteiger partial charge in [-0.2, -0.15) is 0 Å². The van der Waals surface area contributed by atoms with Gasteiger partial charge in [0.05, 0.1) is 12.1 Å². The number of carboxylic acids is 1. The second-order valence-electron chi connectivity index (χ2n) is 5.75. The zero-order valence-corrected chi connectivity index (χ0v) is 13.7. The first kappa shape index (κ1) is 16.4. The molecule has 0 aliphatic heterocycles. The lowest BCUT2D eigenvalue weighted by atomic mass is 10.1. The maximum absolute atomic E-state index is 12.4. The summed E-state index contributed by atoms with van der Waals surface area (Å²) in [6.07, 6.45) is 4.69. The summed E-state index contributed by atoms with van der Waals surface area (Å²) in [6.45, 7) is 0. The third kappa shape index (κ3) is 3.70. The maximum Gasteiger partial charge on any atom is 0.309 e. The molecule has 3 N–H and O–H groups in total. The van der Waals surface area contributed by atoms with Crippen LogP contribution in [0.3, 0.4) is 0 Å². The normalized spacial score (nSPS) is 13.8. The molecule has 2 aromatic heterocycles. The average molecular weight is 347 g/mol. The van der Waals surface area contributed by atoms with Crippen molar-refractivity contribution in [1.29, 1.82) is 0 Å². The molecule has 0 aromatic carbocycles. The molecule has 7 nitrogen and oxygen atoms in total. The molecule has 8 heteroatoms. The van der Waals surface area contributed by atoms with Gasteiger partial charge in [0.15, 0.2) is 5.13 Å². The Labute approximate surface area is 141 Å². The summed E-state index contributed by atoms with van der Waals surface area (Å²) in [5.74, 6) is -1.51. The van der Waals surface area contributed by atoms with Crippen molar-refractivity contribution in [3.8, 4) is 0 Å². The van der Waals surface area contributed by atoms with Crippen molar-refractivity contribution in [3.63, 3.8) is 0 Å². The van der Waals surface area contributed by atoms with E-state index in [9.17, 15) is 14.4 Å². The fourth-order valence-corrected chi connectivity index (χ4v) is 3.49. The monoisotopic (exact) mass is 347 g/mol. The van der Waals surface area contributed by atoms with Gasteiger partial charge < -0.3 is 10.1 Å². The quantitative estimate of drug-likeness (QED) is 0.732. The van der Waals surface area contributed by atoms with Crippen LogP contribution >= 0.6 is 11.3 Å². The molecule has 2 heterocycles. The number of anilines is 1. The number of carbonyl (C=O) groups is 2. The smallest absolute Gasteiger partial charge is 0.309 e. The molecule has 1 aliphatic carbocycles. The largest absolute Gasteiger partial charge is 0.481 e. The molecule has 0 fully saturated rings. The van der Waals surface area contributed by atoms with Gasteiger partial charge in [0.2, 0.25) is 0 Å². The number of hydrogen-bond acceptors (Lipinski definition) is 5. The lowest BCUT2D eigenvalue weighted by molar-refractivity contribution is -0.136. The molecule has 24 heavy (non-hydrogen) atoms. The van der Waals surface area contributed by atoms with Crippen molar-refractivity contribution in [2.24, 2.45) is 0 Å². The highest BCUT2D eigenvalue weighted by Gasteiger charge is 2.17. The number of pyridine rings is 1. The molecule has 126 valence electrons. The Balaban J connectivity index is 1.80. The van der Waals surface area contributed by atoms with Crippen LogP contribution in [-0.4, -0.2) is 27.0 Å². The van der Waals surface area contributed by atoms with Crippen molar-refractivity contribution in [2.75, 3.05) is 5.32 Å². The van der Waals surface area contributed by atoms with Crippen molar-refractivity contribution in [2.45, 2.75) is 38.5 Å². The maximum atomic E-state index is 12.4. The summed E-state index contributed by atoms with van der Waals surface area (Å²) in [4.78, 5) is 42.1. The summed E-state index contributed by atoms with van der Waals surface area (Å²) in [5, 5.41) is 13.2. The van der Waals surface area contributed by atoms with Gasteiger partial charge in [-0.1, -0.05) is 6.42 Å². The Morgan fingerprint density at radius 2 is 2.08 bits per heavy atom. The Bertz CT molecular complexity index is 840. The van der Waals surface area contributed by atoms with E-state index in [4.69, 9.17) is 5.11 Å². The highest BCUT2D eigenvalue weighted by molar-refractivity contribution is 7.14. The molecule has 2 aromatic rings. The summed E-state index contributed by atoms with van der Waals surface area (Å²) in [5.41, 5.74) is 1.97. The van der Waals surface area contributed by atoms with Gasteiger partial charge in [-0.15, -0.1) is 11.3 Å². The van der Waals surface area contributed by atoms with Crippen molar-refractivity contribution < 1.29 is 14.7 Å². The zero-order valence-electron chi connectivity index (χ0n) is 12.9. The van der Waals surface area contributed by atoms with E-state index in [-0.39, 0.29) is 17.1 Å². The molecule has 0 radical (unpaired) electrons. The number of aromatic amines is 1. The minimum Gasteiger partial charge on any atom is -0.481 e. The molecule has 1 amide bonds. The summed E-state index contributed by atoms with van der Waals surface area (Å²) < 4.78 is 0. The molecule has 0 atom stereocenters. The van der Waals surface area contributed by atoms with Crippen molar-refractivity contribution in [3.05, 3.63) is 44.3 Å². The molecule has 1 aliphatic rings. The number of aromatic nitrogens is 2. The number of H-pyrrole nitrogens is 1. The van der Waals surface area contributed by atoms with Gasteiger partial charge in [0.1, 0.15) is 5.56 Å². The van der Waals surface area contributed by atoms with Crippen LogP contribution in [0.4, 0.5) is 5.13 Å².